The number of oxazole rings is 1. The van der Waals surface area contributed by atoms with Crippen LogP contribution in [0.1, 0.15) is 35.8 Å². The Kier molecular flexibility index (Phi) is 4.65. The Hall–Kier alpha value is -2.97. The number of aromatic nitrogens is 1. The van der Waals surface area contributed by atoms with Crippen LogP contribution in [0.5, 0.6) is 5.75 Å². The quantitative estimate of drug-likeness (QED) is 0.487. The van der Waals surface area contributed by atoms with E-state index in [4.69, 9.17) is 13.9 Å². The highest BCUT2D eigenvalue weighted by atomic mass is 16.7. The summed E-state index contributed by atoms with van der Waals surface area (Å²) in [6, 6.07) is 10.9. The molecule has 150 valence electrons. The molecular formula is C21H21N3O5. The molecule has 5 rings (SSSR count). The summed E-state index contributed by atoms with van der Waals surface area (Å²) in [5, 5.41) is 11.3. The van der Waals surface area contributed by atoms with Gasteiger partial charge in [-0.25, -0.2) is 4.98 Å². The van der Waals surface area contributed by atoms with Crippen LogP contribution in [-0.4, -0.2) is 34.7 Å². The molecule has 2 aliphatic heterocycles. The Morgan fingerprint density at radius 2 is 2.17 bits per heavy atom. The highest BCUT2D eigenvalue weighted by molar-refractivity contribution is 5.72. The van der Waals surface area contributed by atoms with Gasteiger partial charge in [-0.15, -0.1) is 0 Å². The van der Waals surface area contributed by atoms with Crippen LogP contribution < -0.4 is 4.74 Å². The fourth-order valence-corrected chi connectivity index (χ4v) is 4.21. The van der Waals surface area contributed by atoms with Gasteiger partial charge in [0.25, 0.3) is 5.69 Å². The molecule has 0 saturated carbocycles. The number of hydrogen-bond acceptors (Lipinski definition) is 7. The summed E-state index contributed by atoms with van der Waals surface area (Å²) in [6.07, 6.45) is 2.03. The van der Waals surface area contributed by atoms with E-state index in [1.165, 1.54) is 6.07 Å². The third-order valence-corrected chi connectivity index (χ3v) is 5.54. The number of rotatable bonds is 4. The molecule has 2 aromatic carbocycles. The normalized spacial score (nSPS) is 19.7. The Morgan fingerprint density at radius 3 is 3.03 bits per heavy atom. The third kappa shape index (κ3) is 3.56. The summed E-state index contributed by atoms with van der Waals surface area (Å²) in [7, 11) is 0. The first kappa shape index (κ1) is 18.1. The highest BCUT2D eigenvalue weighted by Crippen LogP contribution is 2.35. The first-order valence-electron chi connectivity index (χ1n) is 9.76. The molecule has 0 amide bonds. The maximum Gasteiger partial charge on any atom is 0.270 e. The zero-order valence-corrected chi connectivity index (χ0v) is 15.9. The number of fused-ring (bicyclic) bond motifs is 2. The van der Waals surface area contributed by atoms with Crippen molar-refractivity contribution in [1.82, 2.24) is 9.88 Å². The topological polar surface area (TPSA) is 90.9 Å². The van der Waals surface area contributed by atoms with Gasteiger partial charge in [-0.05, 0) is 31.5 Å². The Balaban J connectivity index is 1.39. The van der Waals surface area contributed by atoms with Crippen LogP contribution in [0.25, 0.3) is 11.1 Å². The van der Waals surface area contributed by atoms with Crippen LogP contribution in [-0.2, 0) is 17.9 Å². The van der Waals surface area contributed by atoms with Crippen molar-refractivity contribution in [1.29, 1.82) is 0 Å². The molecule has 29 heavy (non-hydrogen) atoms. The van der Waals surface area contributed by atoms with Crippen LogP contribution in [0, 0.1) is 10.1 Å². The van der Waals surface area contributed by atoms with Crippen LogP contribution in [0.4, 0.5) is 5.69 Å². The van der Waals surface area contributed by atoms with Gasteiger partial charge < -0.3 is 13.9 Å². The second kappa shape index (κ2) is 7.46. The van der Waals surface area contributed by atoms with Crippen LogP contribution >= 0.6 is 0 Å². The first-order valence-corrected chi connectivity index (χ1v) is 9.76. The molecule has 0 bridgehead atoms. The maximum absolute atomic E-state index is 11.3. The average molecular weight is 395 g/mol. The zero-order chi connectivity index (χ0) is 19.8. The minimum Gasteiger partial charge on any atom is -0.467 e. The molecule has 1 fully saturated rings. The van der Waals surface area contributed by atoms with E-state index in [1.807, 2.05) is 24.3 Å². The van der Waals surface area contributed by atoms with Gasteiger partial charge in [-0.1, -0.05) is 12.1 Å². The van der Waals surface area contributed by atoms with Gasteiger partial charge >= 0.3 is 0 Å². The number of non-ortho nitro benzene ring substituents is 1. The van der Waals surface area contributed by atoms with Crippen molar-refractivity contribution < 1.29 is 18.8 Å². The lowest BCUT2D eigenvalue weighted by Crippen LogP contribution is -2.34. The maximum atomic E-state index is 11.3. The van der Waals surface area contributed by atoms with Crippen molar-refractivity contribution in [2.45, 2.75) is 31.9 Å². The summed E-state index contributed by atoms with van der Waals surface area (Å²) >= 11 is 0. The SMILES string of the molecule is O=[N+]([O-])c1cc2c(c(CN3CCCC(c4nc5ccccc5o4)C3)c1)OCOC2. The van der Waals surface area contributed by atoms with Gasteiger partial charge in [0, 0.05) is 42.3 Å². The Bertz CT molecular complexity index is 1030. The first-order chi connectivity index (χ1) is 14.2. The number of hydrogen-bond donors (Lipinski definition) is 0. The average Bonchev–Trinajstić information content (AvgIpc) is 3.18. The number of para-hydroxylation sites is 2. The second-order valence-corrected chi connectivity index (χ2v) is 7.55. The fraction of sp³-hybridized carbons (Fsp3) is 0.381. The van der Waals surface area contributed by atoms with E-state index >= 15 is 0 Å². The molecule has 1 saturated heterocycles. The molecule has 0 spiro atoms. The smallest absolute Gasteiger partial charge is 0.270 e. The van der Waals surface area contributed by atoms with Crippen molar-refractivity contribution >= 4 is 16.8 Å². The molecule has 8 heteroatoms. The van der Waals surface area contributed by atoms with E-state index in [1.54, 1.807) is 6.07 Å². The van der Waals surface area contributed by atoms with Gasteiger partial charge in [0.2, 0.25) is 0 Å². The monoisotopic (exact) mass is 395 g/mol. The van der Waals surface area contributed by atoms with Gasteiger partial charge in [0.1, 0.15) is 11.3 Å². The lowest BCUT2D eigenvalue weighted by molar-refractivity contribution is -0.385. The second-order valence-electron chi connectivity index (χ2n) is 7.55. The molecule has 0 radical (unpaired) electrons. The number of nitro groups is 1. The van der Waals surface area contributed by atoms with Crippen molar-refractivity contribution in [3.63, 3.8) is 0 Å². The van der Waals surface area contributed by atoms with E-state index in [0.29, 0.717) is 18.9 Å². The molecule has 1 aromatic heterocycles. The molecule has 1 unspecified atom stereocenters. The lowest BCUT2D eigenvalue weighted by Gasteiger charge is -2.32. The Morgan fingerprint density at radius 1 is 1.28 bits per heavy atom. The lowest BCUT2D eigenvalue weighted by atomic mass is 9.97. The van der Waals surface area contributed by atoms with Crippen molar-refractivity contribution in [3.8, 4) is 5.75 Å². The summed E-state index contributed by atoms with van der Waals surface area (Å²) in [4.78, 5) is 17.9. The van der Waals surface area contributed by atoms with Gasteiger partial charge in [-0.3, -0.25) is 15.0 Å². The minimum atomic E-state index is -0.365. The minimum absolute atomic E-state index is 0.0698. The molecule has 3 heterocycles. The number of nitro benzene ring substituents is 1. The van der Waals surface area contributed by atoms with Crippen molar-refractivity contribution in [2.75, 3.05) is 19.9 Å². The molecule has 0 N–H and O–H groups in total. The summed E-state index contributed by atoms with van der Waals surface area (Å²) in [6.45, 7) is 2.80. The van der Waals surface area contributed by atoms with Gasteiger partial charge in [-0.2, -0.15) is 0 Å². The highest BCUT2D eigenvalue weighted by Gasteiger charge is 2.28. The largest absolute Gasteiger partial charge is 0.467 e. The molecule has 8 nitrogen and oxygen atoms in total. The third-order valence-electron chi connectivity index (χ3n) is 5.54. The van der Waals surface area contributed by atoms with Gasteiger partial charge in [0.15, 0.2) is 18.3 Å². The summed E-state index contributed by atoms with van der Waals surface area (Å²) in [5.74, 6) is 1.68. The van der Waals surface area contributed by atoms with E-state index in [0.717, 1.165) is 54.0 Å². The number of nitrogens with zero attached hydrogens (tertiary/aromatic N) is 3. The molecule has 3 aromatic rings. The summed E-state index contributed by atoms with van der Waals surface area (Å²) < 4.78 is 17.0. The van der Waals surface area contributed by atoms with E-state index < -0.39 is 0 Å². The van der Waals surface area contributed by atoms with E-state index in [2.05, 4.69) is 9.88 Å². The van der Waals surface area contributed by atoms with Gasteiger partial charge in [0.05, 0.1) is 11.5 Å². The van der Waals surface area contributed by atoms with Crippen molar-refractivity contribution in [2.24, 2.45) is 0 Å². The van der Waals surface area contributed by atoms with Crippen LogP contribution in [0.15, 0.2) is 40.8 Å². The molecular weight excluding hydrogens is 374 g/mol. The molecule has 1 atom stereocenters. The number of benzene rings is 2. The van der Waals surface area contributed by atoms with Crippen LogP contribution in [0.3, 0.4) is 0 Å². The molecule has 0 aliphatic carbocycles. The van der Waals surface area contributed by atoms with E-state index in [9.17, 15) is 10.1 Å². The predicted molar refractivity (Wildman–Crippen MR) is 105 cm³/mol. The van der Waals surface area contributed by atoms with Crippen LogP contribution in [0.2, 0.25) is 0 Å². The number of likely N-dealkylation sites (tertiary alicyclic amines) is 1. The summed E-state index contributed by atoms with van der Waals surface area (Å²) in [5.41, 5.74) is 3.31. The fourth-order valence-electron chi connectivity index (χ4n) is 4.21. The predicted octanol–water partition coefficient (Wildman–Crippen LogP) is 3.98. The number of ether oxygens (including phenoxy) is 2. The standard InChI is InChI=1S/C21H21N3O5/c25-24(26)17-8-15(20-16(9-17)12-27-13-28-20)11-23-7-3-4-14(10-23)21-22-18-5-1-2-6-19(18)29-21/h1-2,5-6,8-9,14H,3-4,7,10-13H2. The zero-order valence-electron chi connectivity index (χ0n) is 15.9. The van der Waals surface area contributed by atoms with Crippen molar-refractivity contribution in [3.05, 3.63) is 63.5 Å². The molecule has 2 aliphatic rings. The Labute approximate surface area is 167 Å². The number of piperidine rings is 1. The van der Waals surface area contributed by atoms with E-state index in [-0.39, 0.29) is 23.3 Å².